The van der Waals surface area contributed by atoms with Crippen molar-refractivity contribution in [2.24, 2.45) is 5.92 Å². The molecule has 26 heavy (non-hydrogen) atoms. The highest BCUT2D eigenvalue weighted by molar-refractivity contribution is 5.51. The second kappa shape index (κ2) is 8.55. The number of benzene rings is 1. The minimum atomic E-state index is 0.0402. The van der Waals surface area contributed by atoms with Crippen LogP contribution in [0.3, 0.4) is 0 Å². The van der Waals surface area contributed by atoms with Crippen LogP contribution in [-0.4, -0.2) is 27.2 Å². The van der Waals surface area contributed by atoms with Crippen LogP contribution in [0, 0.1) is 5.92 Å². The van der Waals surface area contributed by atoms with E-state index in [0.717, 1.165) is 18.4 Å². The Morgan fingerprint density at radius 1 is 1.12 bits per heavy atom. The molecule has 1 aromatic carbocycles. The molecule has 0 aliphatic rings. The highest BCUT2D eigenvalue weighted by Gasteiger charge is 2.20. The highest BCUT2D eigenvalue weighted by atomic mass is 16.5. The molecule has 0 amide bonds. The summed E-state index contributed by atoms with van der Waals surface area (Å²) in [5.41, 5.74) is 13.0. The number of aromatic hydroxyl groups is 1. The first kappa shape index (κ1) is 19.6. The zero-order valence-electron chi connectivity index (χ0n) is 15.8. The van der Waals surface area contributed by atoms with Crippen molar-refractivity contribution in [3.05, 3.63) is 23.3 Å². The van der Waals surface area contributed by atoms with Crippen LogP contribution in [0.25, 0.3) is 0 Å². The maximum atomic E-state index is 10.5. The van der Waals surface area contributed by atoms with Gasteiger partial charge in [0.15, 0.2) is 11.5 Å². The quantitative estimate of drug-likeness (QED) is 0.565. The molecular weight excluding hydrogens is 332 g/mol. The molecule has 2 rings (SSSR count). The van der Waals surface area contributed by atoms with Crippen LogP contribution in [0.2, 0.25) is 0 Å². The van der Waals surface area contributed by atoms with Gasteiger partial charge in [-0.05, 0) is 36.0 Å². The Morgan fingerprint density at radius 2 is 1.77 bits per heavy atom. The summed E-state index contributed by atoms with van der Waals surface area (Å²) in [4.78, 5) is 11.7. The van der Waals surface area contributed by atoms with E-state index < -0.39 is 0 Å². The van der Waals surface area contributed by atoms with Crippen molar-refractivity contribution in [3.8, 4) is 11.5 Å². The van der Waals surface area contributed by atoms with Gasteiger partial charge in [0.25, 0.3) is 0 Å². The molecule has 8 heteroatoms. The van der Waals surface area contributed by atoms with Gasteiger partial charge in [-0.3, -0.25) is 0 Å². The number of methoxy groups -OCH3 is 1. The second-order valence-corrected chi connectivity index (χ2v) is 6.36. The van der Waals surface area contributed by atoms with Gasteiger partial charge in [0, 0.05) is 12.1 Å². The van der Waals surface area contributed by atoms with E-state index in [2.05, 4.69) is 41.0 Å². The Labute approximate surface area is 154 Å². The van der Waals surface area contributed by atoms with Crippen LogP contribution < -0.4 is 21.5 Å². The summed E-state index contributed by atoms with van der Waals surface area (Å²) in [5.74, 6) is 1.80. The topological polar surface area (TPSA) is 132 Å². The van der Waals surface area contributed by atoms with E-state index in [4.69, 9.17) is 16.2 Å². The van der Waals surface area contributed by atoms with Gasteiger partial charge in [0.05, 0.1) is 7.11 Å². The van der Waals surface area contributed by atoms with Crippen LogP contribution in [0.5, 0.6) is 11.5 Å². The van der Waals surface area contributed by atoms with Crippen molar-refractivity contribution >= 4 is 17.8 Å². The second-order valence-electron chi connectivity index (χ2n) is 6.36. The summed E-state index contributed by atoms with van der Waals surface area (Å²) in [6.45, 7) is 6.89. The molecule has 0 spiro atoms. The molecule has 6 N–H and O–H groups in total. The molecule has 2 unspecified atom stereocenters. The summed E-state index contributed by atoms with van der Waals surface area (Å²) < 4.78 is 5.37. The van der Waals surface area contributed by atoms with E-state index in [1.807, 2.05) is 12.1 Å². The highest BCUT2D eigenvalue weighted by Crippen LogP contribution is 2.38. The zero-order chi connectivity index (χ0) is 19.3. The Bertz CT molecular complexity index is 732. The average molecular weight is 360 g/mol. The largest absolute Gasteiger partial charge is 0.504 e. The molecule has 1 heterocycles. The van der Waals surface area contributed by atoms with E-state index in [1.165, 1.54) is 0 Å². The molecule has 0 saturated heterocycles. The number of hydrogen-bond donors (Lipinski definition) is 4. The van der Waals surface area contributed by atoms with Crippen LogP contribution in [0.1, 0.15) is 50.7 Å². The number of aromatic nitrogens is 3. The van der Waals surface area contributed by atoms with Crippen LogP contribution in [0.4, 0.5) is 17.8 Å². The lowest BCUT2D eigenvalue weighted by molar-refractivity contribution is 0.367. The van der Waals surface area contributed by atoms with Gasteiger partial charge in [0.1, 0.15) is 0 Å². The van der Waals surface area contributed by atoms with E-state index in [1.54, 1.807) is 7.11 Å². The first-order chi connectivity index (χ1) is 12.4. The minimum Gasteiger partial charge on any atom is -0.504 e. The lowest BCUT2D eigenvalue weighted by Crippen LogP contribution is -2.11. The summed E-state index contributed by atoms with van der Waals surface area (Å²) in [6, 6.07) is 3.91. The normalized spacial score (nSPS) is 13.2. The fraction of sp³-hybridized carbons (Fsp3) is 0.500. The van der Waals surface area contributed by atoms with E-state index in [-0.39, 0.29) is 23.6 Å². The number of hydrogen-bond acceptors (Lipinski definition) is 8. The molecule has 0 bridgehead atoms. The van der Waals surface area contributed by atoms with E-state index in [9.17, 15) is 5.11 Å². The van der Waals surface area contributed by atoms with Crippen LogP contribution in [0.15, 0.2) is 12.1 Å². The number of ether oxygens (including phenoxy) is 1. The Hall–Kier alpha value is -2.77. The third kappa shape index (κ3) is 4.44. The van der Waals surface area contributed by atoms with Crippen molar-refractivity contribution in [3.63, 3.8) is 0 Å². The Morgan fingerprint density at radius 3 is 2.31 bits per heavy atom. The van der Waals surface area contributed by atoms with Crippen molar-refractivity contribution in [1.29, 1.82) is 0 Å². The number of phenols is 1. The molecule has 0 saturated carbocycles. The number of nitrogens with zero attached hydrogens (tertiary/aromatic N) is 3. The van der Waals surface area contributed by atoms with Gasteiger partial charge in [-0.2, -0.15) is 15.0 Å². The van der Waals surface area contributed by atoms with Gasteiger partial charge < -0.3 is 26.6 Å². The van der Waals surface area contributed by atoms with Gasteiger partial charge in [-0.1, -0.05) is 27.2 Å². The maximum Gasteiger partial charge on any atom is 0.229 e. The van der Waals surface area contributed by atoms with Crippen LogP contribution >= 0.6 is 0 Å². The van der Waals surface area contributed by atoms with Crippen molar-refractivity contribution in [1.82, 2.24) is 15.0 Å². The smallest absolute Gasteiger partial charge is 0.229 e. The first-order valence-corrected chi connectivity index (χ1v) is 8.80. The number of nitrogens with one attached hydrogen (secondary N) is 1. The summed E-state index contributed by atoms with van der Waals surface area (Å²) in [5, 5.41) is 13.5. The van der Waals surface area contributed by atoms with E-state index >= 15 is 0 Å². The Balaban J connectivity index is 2.33. The van der Waals surface area contributed by atoms with Gasteiger partial charge >= 0.3 is 0 Å². The molecule has 2 aromatic rings. The molecule has 1 aromatic heterocycles. The van der Waals surface area contributed by atoms with Crippen molar-refractivity contribution in [2.45, 2.75) is 46.1 Å². The molecule has 8 nitrogen and oxygen atoms in total. The summed E-state index contributed by atoms with van der Waals surface area (Å²) >= 11 is 0. The number of anilines is 3. The third-order valence-electron chi connectivity index (χ3n) is 4.70. The lowest BCUT2D eigenvalue weighted by Gasteiger charge is -2.24. The van der Waals surface area contributed by atoms with Gasteiger partial charge in [-0.25, -0.2) is 0 Å². The van der Waals surface area contributed by atoms with Gasteiger partial charge in [0.2, 0.25) is 17.8 Å². The fourth-order valence-corrected chi connectivity index (χ4v) is 3.11. The monoisotopic (exact) mass is 360 g/mol. The molecule has 0 aliphatic carbocycles. The van der Waals surface area contributed by atoms with Crippen molar-refractivity contribution in [2.75, 3.05) is 23.9 Å². The number of nitrogen functional groups attached to an aromatic ring is 2. The third-order valence-corrected chi connectivity index (χ3v) is 4.70. The predicted octanol–water partition coefficient (Wildman–Crippen LogP) is 2.90. The summed E-state index contributed by atoms with van der Waals surface area (Å²) in [7, 11) is 1.55. The first-order valence-electron chi connectivity index (χ1n) is 8.80. The van der Waals surface area contributed by atoms with Crippen LogP contribution in [-0.2, 0) is 6.54 Å². The van der Waals surface area contributed by atoms with E-state index in [0.29, 0.717) is 29.7 Å². The number of rotatable bonds is 8. The predicted molar refractivity (Wildman–Crippen MR) is 103 cm³/mol. The molecule has 2 atom stereocenters. The molecule has 0 aliphatic heterocycles. The van der Waals surface area contributed by atoms with Crippen molar-refractivity contribution < 1.29 is 9.84 Å². The molecule has 0 radical (unpaired) electrons. The fourth-order valence-electron chi connectivity index (χ4n) is 3.11. The summed E-state index contributed by atoms with van der Waals surface area (Å²) in [6.07, 6.45) is 2.09. The average Bonchev–Trinajstić information content (AvgIpc) is 2.61. The molecule has 0 fully saturated rings. The molecular formula is C18H28N6O2. The number of nitrogens with two attached hydrogens (primary N) is 2. The lowest BCUT2D eigenvalue weighted by atomic mass is 9.83. The number of phenolic OH excluding ortho intramolecular Hbond substituents is 1. The Kier molecular flexibility index (Phi) is 6.43. The van der Waals surface area contributed by atoms with Gasteiger partial charge in [-0.15, -0.1) is 0 Å². The standard InChI is InChI=1S/C18H28N6O2/c1-5-10(3)13(6-2)11-7-12(15(25)14(8-11)26-4)9-21-18-23-16(19)22-17(20)24-18/h7-8,10,13,25H,5-6,9H2,1-4H3,(H5,19,20,21,22,23,24). The minimum absolute atomic E-state index is 0.0402. The SMILES string of the molecule is CCC(C)C(CC)c1cc(CNc2nc(N)nc(N)n2)c(O)c(OC)c1. The maximum absolute atomic E-state index is 10.5. The zero-order valence-corrected chi connectivity index (χ0v) is 15.8. The molecule has 142 valence electrons.